The number of fused-ring (bicyclic) bond motifs is 2. The molecule has 0 spiro atoms. The monoisotopic (exact) mass is 404 g/mol. The smallest absolute Gasteiger partial charge is 0.121 e. The van der Waals surface area contributed by atoms with Gasteiger partial charge in [0.05, 0.1) is 29.3 Å². The van der Waals surface area contributed by atoms with Crippen molar-refractivity contribution in [3.63, 3.8) is 0 Å². The zero-order valence-corrected chi connectivity index (χ0v) is 17.6. The number of likely N-dealkylation sites (tertiary alicyclic amines) is 1. The molecule has 1 aliphatic heterocycles. The zero-order valence-electron chi connectivity index (χ0n) is 17.6. The molecule has 158 valence electrons. The second-order valence-electron chi connectivity index (χ2n) is 8.81. The van der Waals surface area contributed by atoms with Crippen LogP contribution in [-0.2, 0) is 13.0 Å². The van der Waals surface area contributed by atoms with Crippen LogP contribution in [0.1, 0.15) is 48.8 Å². The number of aryl methyl sites for hydroxylation is 1. The fraction of sp³-hybridized carbons (Fsp3) is 0.500. The van der Waals surface area contributed by atoms with Gasteiger partial charge < -0.3 is 15.6 Å². The quantitative estimate of drug-likeness (QED) is 0.660. The van der Waals surface area contributed by atoms with Crippen molar-refractivity contribution in [1.29, 1.82) is 0 Å². The van der Waals surface area contributed by atoms with Crippen LogP contribution in [0.3, 0.4) is 0 Å². The van der Waals surface area contributed by atoms with Crippen molar-refractivity contribution >= 4 is 11.0 Å². The third kappa shape index (κ3) is 4.26. The summed E-state index contributed by atoms with van der Waals surface area (Å²) in [6.07, 6.45) is 7.69. The highest BCUT2D eigenvalue weighted by Gasteiger charge is 2.28. The summed E-state index contributed by atoms with van der Waals surface area (Å²) in [7, 11) is 0. The van der Waals surface area contributed by atoms with E-state index in [1.54, 1.807) is 0 Å². The Hall–Kier alpha value is -2.28. The van der Waals surface area contributed by atoms with Gasteiger partial charge in [-0.1, -0.05) is 18.2 Å². The number of para-hydroxylation sites is 2. The molecule has 0 saturated carbocycles. The predicted molar refractivity (Wildman–Crippen MR) is 120 cm³/mol. The lowest BCUT2D eigenvalue weighted by atomic mass is 9.90. The molecule has 3 heterocycles. The average Bonchev–Trinajstić information content (AvgIpc) is 3.20. The van der Waals surface area contributed by atoms with Gasteiger partial charge in [0.1, 0.15) is 5.82 Å². The summed E-state index contributed by atoms with van der Waals surface area (Å²) < 4.78 is 0. The van der Waals surface area contributed by atoms with Gasteiger partial charge in [-0.3, -0.25) is 9.88 Å². The van der Waals surface area contributed by atoms with Crippen molar-refractivity contribution < 1.29 is 0 Å². The fourth-order valence-electron chi connectivity index (χ4n) is 5.00. The van der Waals surface area contributed by atoms with Crippen LogP contribution < -0.4 is 5.73 Å². The van der Waals surface area contributed by atoms with E-state index in [2.05, 4.69) is 45.1 Å². The molecule has 5 rings (SSSR count). The van der Waals surface area contributed by atoms with E-state index in [9.17, 15) is 0 Å². The number of H-pyrrole nitrogens is 1. The summed E-state index contributed by atoms with van der Waals surface area (Å²) in [6, 6.07) is 13.3. The van der Waals surface area contributed by atoms with E-state index < -0.39 is 0 Å². The first-order valence-electron chi connectivity index (χ1n) is 11.4. The number of hydrogen-bond donors (Lipinski definition) is 2. The Kier molecular flexibility index (Phi) is 5.79. The van der Waals surface area contributed by atoms with Crippen molar-refractivity contribution in [2.75, 3.05) is 26.2 Å². The minimum absolute atomic E-state index is 0.357. The molecule has 1 unspecified atom stereocenters. The summed E-state index contributed by atoms with van der Waals surface area (Å²) in [4.78, 5) is 18.4. The first kappa shape index (κ1) is 19.7. The van der Waals surface area contributed by atoms with E-state index in [4.69, 9.17) is 15.7 Å². The van der Waals surface area contributed by atoms with Crippen LogP contribution in [0, 0.1) is 0 Å². The van der Waals surface area contributed by atoms with Gasteiger partial charge in [-0.15, -0.1) is 0 Å². The van der Waals surface area contributed by atoms with Gasteiger partial charge in [0.15, 0.2) is 0 Å². The molecular weight excluding hydrogens is 372 g/mol. The van der Waals surface area contributed by atoms with E-state index in [1.165, 1.54) is 17.7 Å². The average molecular weight is 405 g/mol. The number of piperidine rings is 1. The van der Waals surface area contributed by atoms with Gasteiger partial charge in [-0.05, 0) is 69.0 Å². The van der Waals surface area contributed by atoms with Gasteiger partial charge in [-0.2, -0.15) is 0 Å². The molecule has 0 bridgehead atoms. The Morgan fingerprint density at radius 3 is 2.83 bits per heavy atom. The fourth-order valence-corrected chi connectivity index (χ4v) is 5.00. The molecule has 1 atom stereocenters. The van der Waals surface area contributed by atoms with E-state index in [0.717, 1.165) is 75.3 Å². The van der Waals surface area contributed by atoms with Crippen LogP contribution in [0.15, 0.2) is 42.6 Å². The largest absolute Gasteiger partial charge is 0.341 e. The topological polar surface area (TPSA) is 74.1 Å². The maximum atomic E-state index is 6.10. The van der Waals surface area contributed by atoms with E-state index in [1.807, 2.05) is 12.3 Å². The van der Waals surface area contributed by atoms with Crippen molar-refractivity contribution in [1.82, 2.24) is 24.8 Å². The van der Waals surface area contributed by atoms with Crippen LogP contribution in [-0.4, -0.2) is 57.0 Å². The predicted octanol–water partition coefficient (Wildman–Crippen LogP) is 3.26. The normalized spacial score (nSPS) is 20.7. The highest BCUT2D eigenvalue weighted by molar-refractivity contribution is 5.74. The number of hydrogen-bond acceptors (Lipinski definition) is 5. The number of nitrogens with one attached hydrogen (secondary N) is 1. The van der Waals surface area contributed by atoms with Crippen LogP contribution in [0.25, 0.3) is 11.0 Å². The lowest BCUT2D eigenvalue weighted by Crippen LogP contribution is -2.44. The number of pyridine rings is 1. The Labute approximate surface area is 178 Å². The third-order valence-corrected chi connectivity index (χ3v) is 6.73. The van der Waals surface area contributed by atoms with E-state index in [0.29, 0.717) is 12.1 Å². The maximum absolute atomic E-state index is 6.10. The summed E-state index contributed by atoms with van der Waals surface area (Å²) in [5, 5.41) is 0. The molecule has 3 N–H and O–H groups in total. The second-order valence-corrected chi connectivity index (χ2v) is 8.81. The van der Waals surface area contributed by atoms with Crippen molar-refractivity contribution in [2.45, 2.75) is 50.7 Å². The minimum atomic E-state index is 0.357. The summed E-state index contributed by atoms with van der Waals surface area (Å²) >= 11 is 0. The molecule has 6 nitrogen and oxygen atoms in total. The van der Waals surface area contributed by atoms with Gasteiger partial charge >= 0.3 is 0 Å². The highest BCUT2D eigenvalue weighted by atomic mass is 15.2. The molecule has 3 aromatic rings. The number of nitrogens with two attached hydrogens (primary N) is 1. The number of nitrogens with zero attached hydrogens (tertiary/aromatic N) is 4. The lowest BCUT2D eigenvalue weighted by Gasteiger charge is -2.37. The molecule has 6 heteroatoms. The molecular formula is C24H32N6. The van der Waals surface area contributed by atoms with Crippen molar-refractivity contribution in [3.05, 3.63) is 59.7 Å². The number of benzene rings is 1. The molecule has 1 fully saturated rings. The molecule has 0 amide bonds. The van der Waals surface area contributed by atoms with Crippen LogP contribution in [0.4, 0.5) is 0 Å². The number of aromatic nitrogens is 3. The number of aromatic amines is 1. The SMILES string of the molecule is NC1CCN(CCN(Cc2nc3ccccc3[nH]2)C2CCCc3cccnc32)CC1. The van der Waals surface area contributed by atoms with Gasteiger partial charge in [0, 0.05) is 25.3 Å². The Bertz CT molecular complexity index is 941. The molecule has 1 aromatic carbocycles. The molecule has 2 aromatic heterocycles. The Morgan fingerprint density at radius 2 is 1.97 bits per heavy atom. The van der Waals surface area contributed by atoms with Gasteiger partial charge in [0.25, 0.3) is 0 Å². The molecule has 1 saturated heterocycles. The van der Waals surface area contributed by atoms with Gasteiger partial charge in [0.2, 0.25) is 0 Å². The number of rotatable bonds is 6. The first-order valence-corrected chi connectivity index (χ1v) is 11.4. The third-order valence-electron chi connectivity index (χ3n) is 6.73. The maximum Gasteiger partial charge on any atom is 0.121 e. The Morgan fingerprint density at radius 1 is 1.10 bits per heavy atom. The summed E-state index contributed by atoms with van der Waals surface area (Å²) in [5.74, 6) is 1.04. The number of imidazole rings is 1. The van der Waals surface area contributed by atoms with Gasteiger partial charge in [-0.25, -0.2) is 4.98 Å². The van der Waals surface area contributed by atoms with Crippen LogP contribution in [0.2, 0.25) is 0 Å². The first-order chi connectivity index (χ1) is 14.8. The lowest BCUT2D eigenvalue weighted by molar-refractivity contribution is 0.124. The van der Waals surface area contributed by atoms with Crippen molar-refractivity contribution in [2.24, 2.45) is 5.73 Å². The van der Waals surface area contributed by atoms with E-state index in [-0.39, 0.29) is 0 Å². The second kappa shape index (κ2) is 8.84. The highest BCUT2D eigenvalue weighted by Crippen LogP contribution is 2.33. The molecule has 2 aliphatic rings. The Balaban J connectivity index is 1.37. The summed E-state index contributed by atoms with van der Waals surface area (Å²) in [5.41, 5.74) is 10.9. The van der Waals surface area contributed by atoms with E-state index >= 15 is 0 Å². The standard InChI is InChI=1S/C24H32N6/c25-19-10-13-29(14-11-19)15-16-30(17-23-27-20-7-1-2-8-21(20)28-23)22-9-3-5-18-6-4-12-26-24(18)22/h1-2,4,6-8,12,19,22H,3,5,9-11,13-17,25H2,(H,27,28). The minimum Gasteiger partial charge on any atom is -0.341 e. The molecule has 30 heavy (non-hydrogen) atoms. The zero-order chi connectivity index (χ0) is 20.3. The van der Waals surface area contributed by atoms with Crippen LogP contribution >= 0.6 is 0 Å². The molecule has 0 radical (unpaired) electrons. The molecule has 1 aliphatic carbocycles. The van der Waals surface area contributed by atoms with Crippen LogP contribution in [0.5, 0.6) is 0 Å². The summed E-state index contributed by atoms with van der Waals surface area (Å²) in [6.45, 7) is 5.14. The van der Waals surface area contributed by atoms with Crippen molar-refractivity contribution in [3.8, 4) is 0 Å².